The van der Waals surface area contributed by atoms with Crippen molar-refractivity contribution in [3.05, 3.63) is 29.8 Å². The fourth-order valence-corrected chi connectivity index (χ4v) is 2.30. The number of anilines is 1. The molecule has 1 N–H and O–H groups in total. The van der Waals surface area contributed by atoms with Gasteiger partial charge in [-0.05, 0) is 50.2 Å². The SMILES string of the molecule is CN(C)C(=O)c1ccc(NC(=O)CN2CCCC2)cc1. The van der Waals surface area contributed by atoms with Crippen LogP contribution in [0.25, 0.3) is 0 Å². The van der Waals surface area contributed by atoms with Crippen LogP contribution in [-0.4, -0.2) is 55.3 Å². The number of hydrogen-bond acceptors (Lipinski definition) is 3. The van der Waals surface area contributed by atoms with Crippen LogP contribution in [0.2, 0.25) is 0 Å². The van der Waals surface area contributed by atoms with Crippen LogP contribution in [0.5, 0.6) is 0 Å². The van der Waals surface area contributed by atoms with Crippen molar-refractivity contribution in [2.75, 3.05) is 39.0 Å². The van der Waals surface area contributed by atoms with E-state index >= 15 is 0 Å². The van der Waals surface area contributed by atoms with Crippen molar-refractivity contribution in [1.29, 1.82) is 0 Å². The minimum Gasteiger partial charge on any atom is -0.345 e. The van der Waals surface area contributed by atoms with Gasteiger partial charge < -0.3 is 10.2 Å². The quantitative estimate of drug-likeness (QED) is 0.904. The van der Waals surface area contributed by atoms with Crippen LogP contribution in [0, 0.1) is 0 Å². The Kier molecular flexibility index (Phi) is 4.74. The maximum atomic E-state index is 11.9. The molecule has 0 unspecified atom stereocenters. The summed E-state index contributed by atoms with van der Waals surface area (Å²) in [5, 5.41) is 2.86. The van der Waals surface area contributed by atoms with Crippen molar-refractivity contribution in [2.45, 2.75) is 12.8 Å². The monoisotopic (exact) mass is 275 g/mol. The molecule has 0 atom stereocenters. The molecule has 0 radical (unpaired) electrons. The van der Waals surface area contributed by atoms with E-state index in [1.54, 1.807) is 38.4 Å². The lowest BCUT2D eigenvalue weighted by molar-refractivity contribution is -0.117. The highest BCUT2D eigenvalue weighted by molar-refractivity contribution is 5.95. The highest BCUT2D eigenvalue weighted by atomic mass is 16.2. The normalized spacial score (nSPS) is 15.1. The highest BCUT2D eigenvalue weighted by Gasteiger charge is 2.15. The van der Waals surface area contributed by atoms with Crippen LogP contribution < -0.4 is 5.32 Å². The molecule has 0 aromatic heterocycles. The number of nitrogens with zero attached hydrogens (tertiary/aromatic N) is 2. The maximum Gasteiger partial charge on any atom is 0.253 e. The second-order valence-corrected chi connectivity index (χ2v) is 5.31. The molecule has 0 saturated carbocycles. The van der Waals surface area contributed by atoms with Crippen molar-refractivity contribution in [2.24, 2.45) is 0 Å². The Morgan fingerprint density at radius 1 is 1.15 bits per heavy atom. The summed E-state index contributed by atoms with van der Waals surface area (Å²) in [4.78, 5) is 27.3. The Morgan fingerprint density at radius 2 is 1.75 bits per heavy atom. The Hall–Kier alpha value is -1.88. The second-order valence-electron chi connectivity index (χ2n) is 5.31. The Bertz CT molecular complexity index is 476. The van der Waals surface area contributed by atoms with E-state index in [2.05, 4.69) is 10.2 Å². The van der Waals surface area contributed by atoms with Gasteiger partial charge in [-0.3, -0.25) is 14.5 Å². The molecule has 2 amide bonds. The molecular weight excluding hydrogens is 254 g/mol. The number of benzene rings is 1. The van der Waals surface area contributed by atoms with Gasteiger partial charge in [-0.2, -0.15) is 0 Å². The first kappa shape index (κ1) is 14.5. The Balaban J connectivity index is 1.89. The van der Waals surface area contributed by atoms with Gasteiger partial charge in [0.15, 0.2) is 0 Å². The molecule has 108 valence electrons. The van der Waals surface area contributed by atoms with Crippen LogP contribution >= 0.6 is 0 Å². The number of rotatable bonds is 4. The smallest absolute Gasteiger partial charge is 0.253 e. The number of nitrogens with one attached hydrogen (secondary N) is 1. The van der Waals surface area contributed by atoms with Crippen molar-refractivity contribution in [3.63, 3.8) is 0 Å². The molecular formula is C15H21N3O2. The van der Waals surface area contributed by atoms with Gasteiger partial charge >= 0.3 is 0 Å². The lowest BCUT2D eigenvalue weighted by Gasteiger charge is -2.14. The first-order valence-corrected chi connectivity index (χ1v) is 6.90. The molecule has 1 aromatic carbocycles. The van der Waals surface area contributed by atoms with Gasteiger partial charge in [0.1, 0.15) is 0 Å². The van der Waals surface area contributed by atoms with Crippen molar-refractivity contribution in [3.8, 4) is 0 Å². The van der Waals surface area contributed by atoms with Crippen LogP contribution in [0.4, 0.5) is 5.69 Å². The molecule has 0 aliphatic carbocycles. The van der Waals surface area contributed by atoms with E-state index in [4.69, 9.17) is 0 Å². The lowest BCUT2D eigenvalue weighted by atomic mass is 10.2. The first-order chi connectivity index (χ1) is 9.56. The van der Waals surface area contributed by atoms with Crippen molar-refractivity contribution in [1.82, 2.24) is 9.80 Å². The number of hydrogen-bond donors (Lipinski definition) is 1. The summed E-state index contributed by atoms with van der Waals surface area (Å²) in [7, 11) is 3.43. The summed E-state index contributed by atoms with van der Waals surface area (Å²) in [5.74, 6) is -0.0430. The topological polar surface area (TPSA) is 52.7 Å². The average Bonchev–Trinajstić information content (AvgIpc) is 2.91. The van der Waals surface area contributed by atoms with Gasteiger partial charge in [0.25, 0.3) is 5.91 Å². The fourth-order valence-electron chi connectivity index (χ4n) is 2.30. The van der Waals surface area contributed by atoms with E-state index in [-0.39, 0.29) is 11.8 Å². The molecule has 5 heteroatoms. The molecule has 0 spiro atoms. The number of amides is 2. The predicted molar refractivity (Wildman–Crippen MR) is 78.8 cm³/mol. The summed E-state index contributed by atoms with van der Waals surface area (Å²) in [6.45, 7) is 2.45. The third-order valence-corrected chi connectivity index (χ3v) is 3.39. The minimum absolute atomic E-state index is 0.00131. The van der Waals surface area contributed by atoms with Crippen molar-refractivity contribution >= 4 is 17.5 Å². The zero-order chi connectivity index (χ0) is 14.5. The third kappa shape index (κ3) is 3.81. The number of likely N-dealkylation sites (tertiary alicyclic amines) is 1. The molecule has 1 aliphatic heterocycles. The Morgan fingerprint density at radius 3 is 2.30 bits per heavy atom. The molecule has 1 aromatic rings. The van der Waals surface area contributed by atoms with Crippen LogP contribution in [0.1, 0.15) is 23.2 Å². The van der Waals surface area contributed by atoms with E-state index < -0.39 is 0 Å². The largest absolute Gasteiger partial charge is 0.345 e. The van der Waals surface area contributed by atoms with E-state index in [9.17, 15) is 9.59 Å². The number of carbonyl (C=O) groups excluding carboxylic acids is 2. The summed E-state index contributed by atoms with van der Waals surface area (Å²) in [6.07, 6.45) is 2.35. The molecule has 2 rings (SSSR count). The molecule has 5 nitrogen and oxygen atoms in total. The lowest BCUT2D eigenvalue weighted by Crippen LogP contribution is -2.30. The summed E-state index contributed by atoms with van der Waals surface area (Å²) in [6, 6.07) is 6.98. The van der Waals surface area contributed by atoms with Gasteiger partial charge in [0.05, 0.1) is 6.54 Å². The highest BCUT2D eigenvalue weighted by Crippen LogP contribution is 2.12. The van der Waals surface area contributed by atoms with Gasteiger partial charge in [-0.25, -0.2) is 0 Å². The maximum absolute atomic E-state index is 11.9. The minimum atomic E-state index is -0.0417. The molecule has 1 heterocycles. The molecule has 1 saturated heterocycles. The van der Waals surface area contributed by atoms with Crippen molar-refractivity contribution < 1.29 is 9.59 Å². The summed E-state index contributed by atoms with van der Waals surface area (Å²) in [5.41, 5.74) is 1.34. The van der Waals surface area contributed by atoms with Gasteiger partial charge in [-0.15, -0.1) is 0 Å². The molecule has 1 aliphatic rings. The van der Waals surface area contributed by atoms with Crippen LogP contribution in [0.15, 0.2) is 24.3 Å². The van der Waals surface area contributed by atoms with Gasteiger partial charge in [0, 0.05) is 25.3 Å². The molecule has 0 bridgehead atoms. The van der Waals surface area contributed by atoms with E-state index in [1.165, 1.54) is 17.7 Å². The van der Waals surface area contributed by atoms with Gasteiger partial charge in [-0.1, -0.05) is 0 Å². The Labute approximate surface area is 119 Å². The van der Waals surface area contributed by atoms with E-state index in [0.717, 1.165) is 18.8 Å². The van der Waals surface area contributed by atoms with E-state index in [0.29, 0.717) is 12.1 Å². The van der Waals surface area contributed by atoms with Gasteiger partial charge in [0.2, 0.25) is 5.91 Å². The fraction of sp³-hybridized carbons (Fsp3) is 0.467. The molecule has 1 fully saturated rings. The van der Waals surface area contributed by atoms with E-state index in [1.807, 2.05) is 0 Å². The van der Waals surface area contributed by atoms with Crippen LogP contribution in [-0.2, 0) is 4.79 Å². The number of carbonyl (C=O) groups is 2. The summed E-state index contributed by atoms with van der Waals surface area (Å²) < 4.78 is 0. The second kappa shape index (κ2) is 6.52. The third-order valence-electron chi connectivity index (χ3n) is 3.39. The molecule has 20 heavy (non-hydrogen) atoms. The average molecular weight is 275 g/mol. The first-order valence-electron chi connectivity index (χ1n) is 6.90. The summed E-state index contributed by atoms with van der Waals surface area (Å²) >= 11 is 0. The zero-order valence-electron chi connectivity index (χ0n) is 12.1. The van der Waals surface area contributed by atoms with Crippen LogP contribution in [0.3, 0.4) is 0 Å². The standard InChI is InChI=1S/C15H21N3O2/c1-17(2)15(20)12-5-7-13(8-6-12)16-14(19)11-18-9-3-4-10-18/h5-8H,3-4,9-11H2,1-2H3,(H,16,19). The zero-order valence-corrected chi connectivity index (χ0v) is 12.1. The predicted octanol–water partition coefficient (Wildman–Crippen LogP) is 1.42.